The molecule has 0 radical (unpaired) electrons. The second kappa shape index (κ2) is 24.8. The summed E-state index contributed by atoms with van der Waals surface area (Å²) in [5.74, 6) is 3.26. The van der Waals surface area contributed by atoms with Crippen molar-refractivity contribution < 1.29 is 34.6 Å². The minimum atomic E-state index is 0. The molecule has 11 nitrogen and oxygen atoms in total. The van der Waals surface area contributed by atoms with E-state index < -0.39 is 0 Å². The zero-order valence-corrected chi connectivity index (χ0v) is 35.6. The van der Waals surface area contributed by atoms with E-state index in [9.17, 15) is 10.2 Å². The van der Waals surface area contributed by atoms with Gasteiger partial charge in [0.15, 0.2) is 23.0 Å². The smallest absolute Gasteiger partial charge is 0.160 e. The molecule has 0 aliphatic carbocycles. The van der Waals surface area contributed by atoms with Crippen LogP contribution < -0.4 is 28.7 Å². The number of nitrogens with zero attached hydrogens (tertiary/aromatic N) is 4. The van der Waals surface area contributed by atoms with Crippen molar-refractivity contribution in [1.29, 1.82) is 0 Å². The summed E-state index contributed by atoms with van der Waals surface area (Å²) in [6.45, 7) is 12.1. The number of ether oxygens (including phenoxy) is 4. The summed E-state index contributed by atoms with van der Waals surface area (Å²) in [7, 11) is 6.59. The molecule has 55 heavy (non-hydrogen) atoms. The van der Waals surface area contributed by atoms with Crippen molar-refractivity contribution >= 4 is 61.0 Å². The molecular formula is C40H58Cl4N4O7. The largest absolute Gasteiger partial charge is 0.504 e. The first kappa shape index (κ1) is 51.3. The highest BCUT2D eigenvalue weighted by atomic mass is 35.5. The number of halogens is 4. The molecular weight excluding hydrogens is 790 g/mol. The molecule has 4 N–H and O–H groups in total. The van der Waals surface area contributed by atoms with Crippen LogP contribution in [0, 0.1) is 0 Å². The highest BCUT2D eigenvalue weighted by Gasteiger charge is 2.25. The van der Waals surface area contributed by atoms with E-state index in [0.717, 1.165) is 86.4 Å². The van der Waals surface area contributed by atoms with E-state index in [1.165, 1.54) is 0 Å². The van der Waals surface area contributed by atoms with Gasteiger partial charge in [-0.1, -0.05) is 36.4 Å². The molecule has 0 bridgehead atoms. The second-order valence-electron chi connectivity index (χ2n) is 12.6. The number of phenols is 2. The lowest BCUT2D eigenvalue weighted by molar-refractivity contribution is 0.197. The molecule has 6 rings (SSSR count). The highest BCUT2D eigenvalue weighted by molar-refractivity contribution is 5.86. The number of rotatable bonds is 10. The minimum absolute atomic E-state index is 0. The lowest BCUT2D eigenvalue weighted by Gasteiger charge is -2.39. The van der Waals surface area contributed by atoms with Crippen LogP contribution in [0.3, 0.4) is 0 Å². The molecule has 2 fully saturated rings. The Hall–Kier alpha value is -3.68. The van der Waals surface area contributed by atoms with Gasteiger partial charge in [-0.2, -0.15) is 0 Å². The average Bonchev–Trinajstić information content (AvgIpc) is 3.18. The fraction of sp³-hybridized carbons (Fsp3) is 0.400. The highest BCUT2D eigenvalue weighted by Crippen LogP contribution is 2.35. The first-order valence-corrected chi connectivity index (χ1v) is 17.3. The molecule has 2 aliphatic heterocycles. The predicted octanol–water partition coefficient (Wildman–Crippen LogP) is 7.45. The Kier molecular flexibility index (Phi) is 23.1. The first-order valence-electron chi connectivity index (χ1n) is 17.3. The second-order valence-corrected chi connectivity index (χ2v) is 12.6. The number of piperazine rings is 2. The zero-order valence-electron chi connectivity index (χ0n) is 32.3. The predicted molar refractivity (Wildman–Crippen MR) is 232 cm³/mol. The summed E-state index contributed by atoms with van der Waals surface area (Å²) < 4.78 is 21.4. The van der Waals surface area contributed by atoms with E-state index >= 15 is 0 Å². The van der Waals surface area contributed by atoms with Crippen LogP contribution in [0.25, 0.3) is 0 Å². The molecule has 308 valence electrons. The first-order chi connectivity index (χ1) is 24.3. The molecule has 15 heteroatoms. The third-order valence-electron chi connectivity index (χ3n) is 9.95. The molecule has 4 aromatic rings. The number of hydrogen-bond acceptors (Lipinski definition) is 10. The number of hydrogen-bond donors (Lipinski definition) is 2. The molecule has 0 saturated carbocycles. The third kappa shape index (κ3) is 12.7. The molecule has 2 atom stereocenters. The molecule has 0 amide bonds. The normalized spacial score (nSPS) is 15.0. The standard InChI is InChI=1S/2C20H26N2O3.4ClH.H2O/c2*1-15(16-8-9-18(23)20(14-16)25-3)21-10-12-22(13-11-21)17-6-4-5-7-19(17)24-2;;;;;/h2*4-9,14-15,23H,10-13H2,1-3H3;4*1H;1H2. The van der Waals surface area contributed by atoms with Crippen LogP contribution in [-0.2, 0) is 0 Å². The average molecular weight is 849 g/mol. The number of para-hydroxylation sites is 4. The van der Waals surface area contributed by atoms with Crippen molar-refractivity contribution in [2.24, 2.45) is 0 Å². The van der Waals surface area contributed by atoms with Gasteiger partial charge in [-0.05, 0) is 73.5 Å². The summed E-state index contributed by atoms with van der Waals surface area (Å²) in [4.78, 5) is 9.66. The van der Waals surface area contributed by atoms with Gasteiger partial charge >= 0.3 is 0 Å². The maximum Gasteiger partial charge on any atom is 0.160 e. The van der Waals surface area contributed by atoms with Crippen molar-refractivity contribution in [3.63, 3.8) is 0 Å². The molecule has 4 aromatic carbocycles. The van der Waals surface area contributed by atoms with E-state index in [-0.39, 0.29) is 78.7 Å². The maximum atomic E-state index is 9.78. The van der Waals surface area contributed by atoms with Crippen molar-refractivity contribution in [3.05, 3.63) is 96.1 Å². The Morgan fingerprint density at radius 3 is 1.07 bits per heavy atom. The Labute approximate surface area is 351 Å². The summed E-state index contributed by atoms with van der Waals surface area (Å²) in [5.41, 5.74) is 4.62. The third-order valence-corrected chi connectivity index (χ3v) is 9.95. The fourth-order valence-electron chi connectivity index (χ4n) is 6.81. The quantitative estimate of drug-likeness (QED) is 0.167. The number of phenolic OH excluding ortho intramolecular Hbond substituents is 2. The van der Waals surface area contributed by atoms with Gasteiger partial charge in [0, 0.05) is 64.4 Å². The number of aromatic hydroxyl groups is 2. The van der Waals surface area contributed by atoms with Gasteiger partial charge < -0.3 is 44.4 Å². The van der Waals surface area contributed by atoms with Crippen LogP contribution in [0.15, 0.2) is 84.9 Å². The van der Waals surface area contributed by atoms with E-state index in [2.05, 4.69) is 57.7 Å². The van der Waals surface area contributed by atoms with Crippen molar-refractivity contribution in [3.8, 4) is 34.5 Å². The van der Waals surface area contributed by atoms with Crippen LogP contribution in [0.5, 0.6) is 34.5 Å². The Morgan fingerprint density at radius 1 is 0.455 bits per heavy atom. The Balaban J connectivity index is 0.000000972. The van der Waals surface area contributed by atoms with Gasteiger partial charge in [0.2, 0.25) is 0 Å². The number of anilines is 2. The molecule has 2 unspecified atom stereocenters. The monoisotopic (exact) mass is 846 g/mol. The summed E-state index contributed by atoms with van der Waals surface area (Å²) >= 11 is 0. The minimum Gasteiger partial charge on any atom is -0.504 e. The molecule has 0 spiro atoms. The Bertz CT molecular complexity index is 1570. The summed E-state index contributed by atoms with van der Waals surface area (Å²) in [6.07, 6.45) is 0. The topological polar surface area (TPSA) is 122 Å². The van der Waals surface area contributed by atoms with E-state index in [1.54, 1.807) is 40.6 Å². The van der Waals surface area contributed by atoms with E-state index in [4.69, 9.17) is 18.9 Å². The van der Waals surface area contributed by atoms with E-state index in [0.29, 0.717) is 11.5 Å². The number of methoxy groups -OCH3 is 4. The lowest BCUT2D eigenvalue weighted by Crippen LogP contribution is -2.47. The zero-order chi connectivity index (χ0) is 35.6. The van der Waals surface area contributed by atoms with E-state index in [1.807, 2.05) is 48.5 Å². The Morgan fingerprint density at radius 2 is 0.764 bits per heavy atom. The van der Waals surface area contributed by atoms with Gasteiger partial charge in [0.1, 0.15) is 11.5 Å². The van der Waals surface area contributed by atoms with Crippen LogP contribution in [0.4, 0.5) is 11.4 Å². The SMILES string of the molecule is COc1cc(C(C)N2CCN(c3ccccc3OC)CC2)ccc1O.COc1cc(C(C)N2CCN(c3ccccc3OC)CC2)ccc1O.Cl.Cl.Cl.Cl.O. The summed E-state index contributed by atoms with van der Waals surface area (Å²) in [6, 6.07) is 28.1. The maximum absolute atomic E-state index is 9.78. The van der Waals surface area contributed by atoms with Crippen LogP contribution >= 0.6 is 49.6 Å². The van der Waals surface area contributed by atoms with Crippen LogP contribution in [0.1, 0.15) is 37.1 Å². The molecule has 2 aliphatic rings. The van der Waals surface area contributed by atoms with Gasteiger partial charge in [0.05, 0.1) is 39.8 Å². The van der Waals surface area contributed by atoms with Gasteiger partial charge in [0.25, 0.3) is 0 Å². The summed E-state index contributed by atoms with van der Waals surface area (Å²) in [5, 5.41) is 19.6. The van der Waals surface area contributed by atoms with Crippen molar-refractivity contribution in [2.75, 3.05) is 90.6 Å². The van der Waals surface area contributed by atoms with Crippen LogP contribution in [0.2, 0.25) is 0 Å². The molecule has 2 saturated heterocycles. The number of benzene rings is 4. The van der Waals surface area contributed by atoms with Gasteiger partial charge in [-0.15, -0.1) is 49.6 Å². The molecule has 0 aromatic heterocycles. The van der Waals surface area contributed by atoms with Crippen LogP contribution in [-0.4, -0.2) is 106 Å². The van der Waals surface area contributed by atoms with Crippen molar-refractivity contribution in [1.82, 2.24) is 9.80 Å². The fourth-order valence-corrected chi connectivity index (χ4v) is 6.81. The van der Waals surface area contributed by atoms with Crippen molar-refractivity contribution in [2.45, 2.75) is 25.9 Å². The van der Waals surface area contributed by atoms with Gasteiger partial charge in [-0.3, -0.25) is 9.80 Å². The molecule has 2 heterocycles. The lowest BCUT2D eigenvalue weighted by atomic mass is 10.0. The van der Waals surface area contributed by atoms with Gasteiger partial charge in [-0.25, -0.2) is 0 Å².